The van der Waals surface area contributed by atoms with Crippen LogP contribution in [0.15, 0.2) is 12.7 Å². The van der Waals surface area contributed by atoms with Crippen LogP contribution < -0.4 is 0 Å². The molecule has 4 nitrogen and oxygen atoms in total. The van der Waals surface area contributed by atoms with Crippen molar-refractivity contribution in [1.82, 2.24) is 0 Å². The van der Waals surface area contributed by atoms with Crippen LogP contribution in [0, 0.1) is 0 Å². The molecule has 0 amide bonds. The van der Waals surface area contributed by atoms with Crippen molar-refractivity contribution in [3.05, 3.63) is 12.7 Å². The van der Waals surface area contributed by atoms with E-state index in [4.69, 9.17) is 12.3 Å². The first-order chi connectivity index (χ1) is 10.1. The topological polar surface area (TPSA) is 44.8 Å². The predicted molar refractivity (Wildman–Crippen MR) is 108 cm³/mol. The molecular formula is C15H36O4Si4. The van der Waals surface area contributed by atoms with Crippen LogP contribution in [0.2, 0.25) is 65.0 Å². The smallest absolute Gasteiger partial charge is 0.315 e. The summed E-state index contributed by atoms with van der Waals surface area (Å²) in [7, 11) is -7.99. The van der Waals surface area contributed by atoms with Gasteiger partial charge in [-0.1, -0.05) is 6.58 Å². The van der Waals surface area contributed by atoms with Gasteiger partial charge in [-0.15, -0.1) is 0 Å². The first-order valence-corrected chi connectivity index (χ1v) is 20.5. The number of rotatable bonds is 11. The van der Waals surface area contributed by atoms with E-state index in [1.807, 2.05) is 0 Å². The van der Waals surface area contributed by atoms with Gasteiger partial charge >= 0.3 is 17.1 Å². The number of ketones is 1. The van der Waals surface area contributed by atoms with Crippen molar-refractivity contribution < 1.29 is 17.1 Å². The Morgan fingerprint density at radius 1 is 0.870 bits per heavy atom. The number of hydrogen-bond acceptors (Lipinski definition) is 4. The Morgan fingerprint density at radius 2 is 1.35 bits per heavy atom. The molecule has 0 heterocycles. The summed E-state index contributed by atoms with van der Waals surface area (Å²) in [6.45, 7) is 23.0. The van der Waals surface area contributed by atoms with Crippen LogP contribution in [0.3, 0.4) is 0 Å². The Kier molecular flexibility index (Phi) is 8.56. The van der Waals surface area contributed by atoms with Crippen LogP contribution in [0.25, 0.3) is 0 Å². The van der Waals surface area contributed by atoms with E-state index in [9.17, 15) is 4.79 Å². The normalized spacial score (nSPS) is 16.0. The van der Waals surface area contributed by atoms with E-state index in [0.717, 1.165) is 12.5 Å². The summed E-state index contributed by atoms with van der Waals surface area (Å²) in [6.07, 6.45) is 2.70. The van der Waals surface area contributed by atoms with Crippen LogP contribution >= 0.6 is 0 Å². The third-order valence-corrected chi connectivity index (χ3v) is 16.4. The third kappa shape index (κ3) is 12.2. The minimum atomic E-state index is -2.37. The average molecular weight is 393 g/mol. The van der Waals surface area contributed by atoms with Crippen LogP contribution in [-0.4, -0.2) is 39.5 Å². The summed E-state index contributed by atoms with van der Waals surface area (Å²) >= 11 is 0. The van der Waals surface area contributed by atoms with Crippen molar-refractivity contribution in [2.45, 2.75) is 77.8 Å². The molecule has 1 atom stereocenters. The first-order valence-electron chi connectivity index (χ1n) is 8.33. The Morgan fingerprint density at radius 3 is 1.74 bits per heavy atom. The van der Waals surface area contributed by atoms with Crippen LogP contribution in [0.4, 0.5) is 0 Å². The van der Waals surface area contributed by atoms with Crippen LogP contribution in [0.1, 0.15) is 12.8 Å². The third-order valence-electron chi connectivity index (χ3n) is 2.82. The predicted octanol–water partition coefficient (Wildman–Crippen LogP) is 5.02. The second-order valence-corrected chi connectivity index (χ2v) is 25.1. The summed E-state index contributed by atoms with van der Waals surface area (Å²) in [5.74, 6) is 0.0872. The molecule has 0 aromatic heterocycles. The lowest BCUT2D eigenvalue weighted by Crippen LogP contribution is -2.56. The standard InChI is InChI=1S/C15H36O4Si4/c1-11-15(16)13-12-14-23(10,18-21(5,6)7)19-22(8,9)17-20(2,3)4/h11H,1,12-14H2,2-10H3. The van der Waals surface area contributed by atoms with Crippen molar-refractivity contribution in [1.29, 1.82) is 0 Å². The molecule has 0 N–H and O–H groups in total. The minimum Gasteiger partial charge on any atom is -0.437 e. The summed E-state index contributed by atoms with van der Waals surface area (Å²) in [5, 5.41) is 0. The van der Waals surface area contributed by atoms with E-state index in [1.54, 1.807) is 0 Å². The zero-order chi connectivity index (χ0) is 18.5. The zero-order valence-corrected chi connectivity index (χ0v) is 20.5. The highest BCUT2D eigenvalue weighted by Crippen LogP contribution is 2.28. The molecule has 0 aromatic carbocycles. The molecule has 0 aliphatic carbocycles. The monoisotopic (exact) mass is 392 g/mol. The van der Waals surface area contributed by atoms with E-state index >= 15 is 0 Å². The lowest BCUT2D eigenvalue weighted by molar-refractivity contribution is -0.114. The molecule has 0 aliphatic rings. The van der Waals surface area contributed by atoms with Gasteiger partial charge in [-0.3, -0.25) is 4.79 Å². The Bertz CT molecular complexity index is 413. The molecule has 0 rings (SSSR count). The van der Waals surface area contributed by atoms with E-state index < -0.39 is 33.8 Å². The maximum atomic E-state index is 11.5. The van der Waals surface area contributed by atoms with Gasteiger partial charge in [0.2, 0.25) is 0 Å². The second-order valence-electron chi connectivity index (χ2n) is 8.59. The Balaban J connectivity index is 5.04. The van der Waals surface area contributed by atoms with E-state index in [1.165, 1.54) is 6.08 Å². The summed E-state index contributed by atoms with van der Waals surface area (Å²) in [5.41, 5.74) is 0. The van der Waals surface area contributed by atoms with Gasteiger partial charge in [0.05, 0.1) is 0 Å². The number of carbonyl (C=O) groups excluding carboxylic acids is 1. The summed E-state index contributed by atoms with van der Waals surface area (Å²) in [4.78, 5) is 11.5. The summed E-state index contributed by atoms with van der Waals surface area (Å²) < 4.78 is 19.4. The van der Waals surface area contributed by atoms with Crippen LogP contribution in [-0.2, 0) is 17.1 Å². The number of hydrogen-bond donors (Lipinski definition) is 0. The molecule has 0 bridgehead atoms. The highest BCUT2D eigenvalue weighted by atomic mass is 28.5. The van der Waals surface area contributed by atoms with Crippen LogP contribution in [0.5, 0.6) is 0 Å². The van der Waals surface area contributed by atoms with E-state index in [0.29, 0.717) is 6.42 Å². The van der Waals surface area contributed by atoms with Gasteiger partial charge < -0.3 is 12.3 Å². The highest BCUT2D eigenvalue weighted by Gasteiger charge is 2.44. The molecule has 0 saturated carbocycles. The number of carbonyl (C=O) groups is 1. The molecule has 8 heteroatoms. The molecular weight excluding hydrogens is 357 g/mol. The van der Waals surface area contributed by atoms with Gasteiger partial charge in [-0.05, 0) is 77.5 Å². The molecule has 0 spiro atoms. The SMILES string of the molecule is C=CC(=O)CCC[Si](C)(O[Si](C)(C)C)O[Si](C)(C)O[Si](C)(C)C. The summed E-state index contributed by atoms with van der Waals surface area (Å²) in [6, 6.07) is 0.822. The molecule has 0 fully saturated rings. The Hall–Kier alpha value is 0.158. The molecule has 23 heavy (non-hydrogen) atoms. The van der Waals surface area contributed by atoms with Crippen molar-refractivity contribution in [2.24, 2.45) is 0 Å². The molecule has 1 unspecified atom stereocenters. The molecule has 0 radical (unpaired) electrons. The first kappa shape index (κ1) is 23.2. The minimum absolute atomic E-state index is 0.0872. The fourth-order valence-corrected chi connectivity index (χ4v) is 20.7. The van der Waals surface area contributed by atoms with E-state index in [2.05, 4.69) is 65.5 Å². The molecule has 0 aromatic rings. The lowest BCUT2D eigenvalue weighted by Gasteiger charge is -2.41. The van der Waals surface area contributed by atoms with Gasteiger partial charge in [0.1, 0.15) is 0 Å². The average Bonchev–Trinajstić information content (AvgIpc) is 2.20. The molecule has 0 saturated heterocycles. The maximum absolute atomic E-state index is 11.5. The van der Waals surface area contributed by atoms with Crippen molar-refractivity contribution >= 4 is 39.5 Å². The van der Waals surface area contributed by atoms with Gasteiger partial charge in [0.15, 0.2) is 22.4 Å². The van der Waals surface area contributed by atoms with Crippen molar-refractivity contribution in [3.63, 3.8) is 0 Å². The largest absolute Gasteiger partial charge is 0.437 e. The van der Waals surface area contributed by atoms with Gasteiger partial charge in [0, 0.05) is 6.42 Å². The second kappa shape index (κ2) is 8.50. The zero-order valence-electron chi connectivity index (χ0n) is 16.5. The van der Waals surface area contributed by atoms with Gasteiger partial charge in [-0.2, -0.15) is 0 Å². The maximum Gasteiger partial charge on any atom is 0.315 e. The number of allylic oxidation sites excluding steroid dienone is 1. The molecule has 136 valence electrons. The Labute approximate surface area is 147 Å². The fraction of sp³-hybridized carbons (Fsp3) is 0.800. The molecule has 0 aliphatic heterocycles. The highest BCUT2D eigenvalue weighted by molar-refractivity contribution is 6.89. The lowest BCUT2D eigenvalue weighted by atomic mass is 10.2. The quantitative estimate of drug-likeness (QED) is 0.366. The van der Waals surface area contributed by atoms with E-state index in [-0.39, 0.29) is 5.78 Å². The van der Waals surface area contributed by atoms with Gasteiger partial charge in [-0.25, -0.2) is 0 Å². The van der Waals surface area contributed by atoms with Gasteiger partial charge in [0.25, 0.3) is 0 Å². The fourth-order valence-electron chi connectivity index (χ4n) is 2.73. The van der Waals surface area contributed by atoms with Crippen molar-refractivity contribution in [2.75, 3.05) is 0 Å². The van der Waals surface area contributed by atoms with Crippen molar-refractivity contribution in [3.8, 4) is 0 Å².